The molecule has 1 aromatic rings. The average Bonchev–Trinajstić information content (AvgIpc) is 2.66. The molecule has 0 bridgehead atoms. The third kappa shape index (κ3) is 4.74. The van der Waals surface area contributed by atoms with E-state index in [4.69, 9.17) is 9.84 Å². The normalized spacial score (nSPS) is 13.1. The lowest BCUT2D eigenvalue weighted by Crippen LogP contribution is -2.23. The first-order valence-electron chi connectivity index (χ1n) is 5.88. The minimum absolute atomic E-state index is 0.0963. The molecule has 0 aliphatic rings. The van der Waals surface area contributed by atoms with E-state index in [-0.39, 0.29) is 17.4 Å². The number of aliphatic hydroxyl groups excluding tert-OH is 1. The second kappa shape index (κ2) is 5.46. The number of aliphatic hydroxyl groups is 1. The first kappa shape index (κ1) is 14.6. The molecule has 0 aliphatic heterocycles. The van der Waals surface area contributed by atoms with Crippen molar-refractivity contribution in [3.8, 4) is 0 Å². The largest absolute Gasteiger partial charge is 0.396 e. The van der Waals surface area contributed by atoms with Crippen LogP contribution in [0.2, 0.25) is 0 Å². The number of aromatic nitrogens is 1. The fourth-order valence-corrected chi connectivity index (χ4v) is 2.14. The highest BCUT2D eigenvalue weighted by molar-refractivity contribution is 7.09. The second-order valence-electron chi connectivity index (χ2n) is 6.19. The van der Waals surface area contributed by atoms with Crippen LogP contribution in [-0.4, -0.2) is 23.3 Å². The third-order valence-corrected chi connectivity index (χ3v) is 3.29. The predicted octanol–water partition coefficient (Wildman–Crippen LogP) is 2.98. The van der Waals surface area contributed by atoms with E-state index < -0.39 is 0 Å². The monoisotopic (exact) mass is 257 g/mol. The summed E-state index contributed by atoms with van der Waals surface area (Å²) in [4.78, 5) is 4.56. The van der Waals surface area contributed by atoms with E-state index in [0.717, 1.165) is 10.7 Å². The van der Waals surface area contributed by atoms with Crippen LogP contribution in [0.1, 0.15) is 45.3 Å². The number of nitrogens with zero attached hydrogens (tertiary/aromatic N) is 1. The summed E-state index contributed by atoms with van der Waals surface area (Å²) in [6, 6.07) is 0. The first-order chi connectivity index (χ1) is 7.74. The minimum atomic E-state index is -0.176. The third-order valence-electron chi connectivity index (χ3n) is 2.47. The highest BCUT2D eigenvalue weighted by Gasteiger charge is 2.19. The second-order valence-corrected chi connectivity index (χ2v) is 7.13. The summed E-state index contributed by atoms with van der Waals surface area (Å²) in [6.45, 7) is 11.6. The van der Waals surface area contributed by atoms with Gasteiger partial charge in [0.25, 0.3) is 0 Å². The van der Waals surface area contributed by atoms with Crippen LogP contribution in [0.15, 0.2) is 5.38 Å². The topological polar surface area (TPSA) is 42.4 Å². The van der Waals surface area contributed by atoms with Gasteiger partial charge in [-0.15, -0.1) is 11.3 Å². The van der Waals surface area contributed by atoms with Crippen LogP contribution in [0.3, 0.4) is 0 Å². The van der Waals surface area contributed by atoms with Crippen LogP contribution in [0, 0.1) is 5.41 Å². The summed E-state index contributed by atoms with van der Waals surface area (Å²) in [5, 5.41) is 12.2. The lowest BCUT2D eigenvalue weighted by Gasteiger charge is -2.20. The Hall–Kier alpha value is -0.450. The van der Waals surface area contributed by atoms with Gasteiger partial charge in [0.05, 0.1) is 25.5 Å². The highest BCUT2D eigenvalue weighted by Crippen LogP contribution is 2.24. The zero-order chi connectivity index (χ0) is 13.1. The van der Waals surface area contributed by atoms with Gasteiger partial charge in [-0.3, -0.25) is 0 Å². The Balaban J connectivity index is 2.46. The van der Waals surface area contributed by atoms with E-state index in [1.807, 2.05) is 13.8 Å². The molecule has 1 aromatic heterocycles. The van der Waals surface area contributed by atoms with Gasteiger partial charge in [0, 0.05) is 16.2 Å². The predicted molar refractivity (Wildman–Crippen MR) is 71.3 cm³/mol. The maximum Gasteiger partial charge on any atom is 0.119 e. The van der Waals surface area contributed by atoms with Crippen LogP contribution in [0.5, 0.6) is 0 Å². The Morgan fingerprint density at radius 3 is 2.41 bits per heavy atom. The number of rotatable bonds is 5. The molecule has 4 heteroatoms. The van der Waals surface area contributed by atoms with E-state index in [0.29, 0.717) is 13.2 Å². The molecule has 3 nitrogen and oxygen atoms in total. The van der Waals surface area contributed by atoms with Crippen molar-refractivity contribution < 1.29 is 9.84 Å². The molecule has 0 aliphatic carbocycles. The Kier molecular flexibility index (Phi) is 4.69. The average molecular weight is 257 g/mol. The van der Waals surface area contributed by atoms with Crippen molar-refractivity contribution in [2.75, 3.05) is 13.2 Å². The summed E-state index contributed by atoms with van der Waals surface area (Å²) >= 11 is 1.64. The molecule has 0 spiro atoms. The Morgan fingerprint density at radius 1 is 1.29 bits per heavy atom. The highest BCUT2D eigenvalue weighted by atomic mass is 32.1. The van der Waals surface area contributed by atoms with E-state index in [9.17, 15) is 0 Å². The molecule has 1 rings (SSSR count). The summed E-state index contributed by atoms with van der Waals surface area (Å²) < 4.78 is 5.59. The van der Waals surface area contributed by atoms with Crippen molar-refractivity contribution in [3.05, 3.63) is 16.1 Å². The van der Waals surface area contributed by atoms with Crippen molar-refractivity contribution >= 4 is 11.3 Å². The van der Waals surface area contributed by atoms with Gasteiger partial charge in [-0.05, 0) is 0 Å². The fraction of sp³-hybridized carbons (Fsp3) is 0.769. The Labute approximate surface area is 108 Å². The Morgan fingerprint density at radius 2 is 1.94 bits per heavy atom. The van der Waals surface area contributed by atoms with Crippen molar-refractivity contribution in [2.45, 2.75) is 46.6 Å². The van der Waals surface area contributed by atoms with Gasteiger partial charge in [-0.25, -0.2) is 4.98 Å². The van der Waals surface area contributed by atoms with Gasteiger partial charge in [-0.2, -0.15) is 0 Å². The molecule has 0 unspecified atom stereocenters. The van der Waals surface area contributed by atoms with Crippen LogP contribution in [-0.2, 0) is 16.8 Å². The maximum absolute atomic E-state index is 9.11. The number of ether oxygens (including phenoxy) is 1. The zero-order valence-corrected chi connectivity index (χ0v) is 12.2. The molecule has 0 saturated heterocycles. The summed E-state index contributed by atoms with van der Waals surface area (Å²) in [5.74, 6) is 0. The smallest absolute Gasteiger partial charge is 0.119 e. The van der Waals surface area contributed by atoms with E-state index >= 15 is 0 Å². The lowest BCUT2D eigenvalue weighted by molar-refractivity contribution is 0.0196. The zero-order valence-electron chi connectivity index (χ0n) is 11.4. The summed E-state index contributed by atoms with van der Waals surface area (Å²) in [7, 11) is 0. The van der Waals surface area contributed by atoms with Gasteiger partial charge < -0.3 is 9.84 Å². The molecule has 1 heterocycles. The van der Waals surface area contributed by atoms with Gasteiger partial charge in [0.1, 0.15) is 5.01 Å². The van der Waals surface area contributed by atoms with Crippen molar-refractivity contribution in [1.82, 2.24) is 4.98 Å². The molecular formula is C13H23NO2S. The number of thiazole rings is 1. The van der Waals surface area contributed by atoms with Crippen molar-refractivity contribution in [3.63, 3.8) is 0 Å². The molecule has 0 radical (unpaired) electrons. The quantitative estimate of drug-likeness (QED) is 0.881. The van der Waals surface area contributed by atoms with Crippen LogP contribution in [0.25, 0.3) is 0 Å². The van der Waals surface area contributed by atoms with Crippen LogP contribution < -0.4 is 0 Å². The van der Waals surface area contributed by atoms with Crippen LogP contribution in [0.4, 0.5) is 0 Å². The maximum atomic E-state index is 9.11. The van der Waals surface area contributed by atoms with Gasteiger partial charge in [0.15, 0.2) is 0 Å². The van der Waals surface area contributed by atoms with Crippen molar-refractivity contribution in [2.24, 2.45) is 5.41 Å². The summed E-state index contributed by atoms with van der Waals surface area (Å²) in [6.07, 6.45) is 0. The molecule has 0 amide bonds. The molecule has 0 aromatic carbocycles. The minimum Gasteiger partial charge on any atom is -0.396 e. The van der Waals surface area contributed by atoms with Gasteiger partial charge in [-0.1, -0.05) is 34.6 Å². The molecule has 17 heavy (non-hydrogen) atoms. The molecule has 1 N–H and O–H groups in total. The standard InChI is InChI=1S/C13H23NO2S/c1-12(2,3)10-7-17-11(14-10)6-16-9-13(4,5)8-15/h7,15H,6,8-9H2,1-5H3. The fourth-order valence-electron chi connectivity index (χ4n) is 1.18. The molecule has 0 fully saturated rings. The Bertz CT molecular complexity index is 353. The van der Waals surface area contributed by atoms with Gasteiger partial charge >= 0.3 is 0 Å². The molecule has 0 saturated carbocycles. The van der Waals surface area contributed by atoms with Gasteiger partial charge in [0.2, 0.25) is 0 Å². The lowest BCUT2D eigenvalue weighted by atomic mass is 9.93. The van der Waals surface area contributed by atoms with E-state index in [2.05, 4.69) is 31.1 Å². The number of hydrogen-bond donors (Lipinski definition) is 1. The summed E-state index contributed by atoms with van der Waals surface area (Å²) in [5.41, 5.74) is 1.03. The molecular weight excluding hydrogens is 234 g/mol. The van der Waals surface area contributed by atoms with E-state index in [1.165, 1.54) is 0 Å². The first-order valence-corrected chi connectivity index (χ1v) is 6.76. The SMILES string of the molecule is CC(C)(CO)COCc1nc(C(C)(C)C)cs1. The molecule has 0 atom stereocenters. The molecule has 98 valence electrons. The van der Waals surface area contributed by atoms with Crippen molar-refractivity contribution in [1.29, 1.82) is 0 Å². The van der Waals surface area contributed by atoms with E-state index in [1.54, 1.807) is 11.3 Å². The number of hydrogen-bond acceptors (Lipinski definition) is 4. The van der Waals surface area contributed by atoms with Crippen LogP contribution >= 0.6 is 11.3 Å².